The Kier molecular flexibility index (Phi) is 4.65. The fourth-order valence-corrected chi connectivity index (χ4v) is 3.57. The summed E-state index contributed by atoms with van der Waals surface area (Å²) in [7, 11) is -3.30. The quantitative estimate of drug-likeness (QED) is 0.833. The van der Waals surface area contributed by atoms with Gasteiger partial charge in [0.05, 0.1) is 24.2 Å². The van der Waals surface area contributed by atoms with E-state index in [0.717, 1.165) is 11.9 Å². The average Bonchev–Trinajstić information content (AvgIpc) is 3.04. The molecule has 0 bridgehead atoms. The summed E-state index contributed by atoms with van der Waals surface area (Å²) in [5, 5.41) is 8.12. The van der Waals surface area contributed by atoms with Crippen molar-refractivity contribution >= 4 is 15.9 Å². The van der Waals surface area contributed by atoms with Crippen LogP contribution in [-0.4, -0.2) is 53.5 Å². The Bertz CT molecular complexity index is 866. The van der Waals surface area contributed by atoms with Gasteiger partial charge in [-0.3, -0.25) is 9.48 Å². The summed E-state index contributed by atoms with van der Waals surface area (Å²) in [6.45, 7) is 5.03. The van der Waals surface area contributed by atoms with Crippen molar-refractivity contribution in [3.05, 3.63) is 35.0 Å². The van der Waals surface area contributed by atoms with Crippen molar-refractivity contribution in [2.24, 2.45) is 5.92 Å². The summed E-state index contributed by atoms with van der Waals surface area (Å²) in [6.07, 6.45) is 2.80. The lowest BCUT2D eigenvalue weighted by molar-refractivity contribution is 0.0720. The number of amides is 1. The van der Waals surface area contributed by atoms with Gasteiger partial charge in [0.1, 0.15) is 11.3 Å². The minimum atomic E-state index is -3.30. The second kappa shape index (κ2) is 6.60. The maximum absolute atomic E-state index is 13.0. The lowest BCUT2D eigenvalue weighted by atomic mass is 10.1. The number of aromatic nitrogens is 3. The fourth-order valence-electron chi connectivity index (χ4n) is 3.03. The number of carbonyl (C=O) groups is 1. The number of rotatable bonds is 4. The van der Waals surface area contributed by atoms with Crippen molar-refractivity contribution < 1.29 is 17.7 Å². The number of carbonyl (C=O) groups excluding carboxylic acids is 1. The molecule has 0 spiro atoms. The molecule has 0 saturated heterocycles. The normalized spacial score (nSPS) is 18.0. The molecule has 0 radical (unpaired) electrons. The van der Waals surface area contributed by atoms with E-state index in [1.54, 1.807) is 24.9 Å². The van der Waals surface area contributed by atoms with Crippen molar-refractivity contribution in [2.45, 2.75) is 26.9 Å². The highest BCUT2D eigenvalue weighted by Crippen LogP contribution is 2.21. The first-order valence-corrected chi connectivity index (χ1v) is 9.81. The lowest BCUT2D eigenvalue weighted by Crippen LogP contribution is -2.39. The number of aryl methyl sites for hydroxylation is 2. The summed E-state index contributed by atoms with van der Waals surface area (Å²) >= 11 is 0. The van der Waals surface area contributed by atoms with E-state index < -0.39 is 10.0 Å². The molecule has 2 aromatic heterocycles. The molecule has 0 aromatic carbocycles. The van der Waals surface area contributed by atoms with E-state index in [1.165, 1.54) is 0 Å². The zero-order valence-electron chi connectivity index (χ0n) is 14.4. The maximum Gasteiger partial charge on any atom is 0.259 e. The van der Waals surface area contributed by atoms with E-state index in [4.69, 9.17) is 4.52 Å². The molecule has 0 saturated carbocycles. The van der Waals surface area contributed by atoms with Gasteiger partial charge in [-0.15, -0.1) is 0 Å². The number of hydrogen-bond donors (Lipinski definition) is 1. The Morgan fingerprint density at radius 1 is 1.40 bits per heavy atom. The monoisotopic (exact) mass is 367 g/mol. The van der Waals surface area contributed by atoms with E-state index >= 15 is 0 Å². The minimum Gasteiger partial charge on any atom is -0.361 e. The molecule has 10 heteroatoms. The van der Waals surface area contributed by atoms with Gasteiger partial charge in [-0.2, -0.15) is 5.10 Å². The zero-order chi connectivity index (χ0) is 18.2. The predicted molar refractivity (Wildman–Crippen MR) is 89.3 cm³/mol. The molecule has 2 aromatic rings. The summed E-state index contributed by atoms with van der Waals surface area (Å²) in [6, 6.07) is 1.86. The molecule has 25 heavy (non-hydrogen) atoms. The highest BCUT2D eigenvalue weighted by molar-refractivity contribution is 7.88. The topological polar surface area (TPSA) is 110 Å². The van der Waals surface area contributed by atoms with Crippen LogP contribution in [0.1, 0.15) is 27.5 Å². The van der Waals surface area contributed by atoms with Crippen LogP contribution in [0, 0.1) is 19.8 Å². The van der Waals surface area contributed by atoms with E-state index in [1.807, 2.05) is 10.7 Å². The summed E-state index contributed by atoms with van der Waals surface area (Å²) in [5.41, 5.74) is 1.91. The van der Waals surface area contributed by atoms with E-state index in [2.05, 4.69) is 15.0 Å². The van der Waals surface area contributed by atoms with E-state index in [-0.39, 0.29) is 18.4 Å². The summed E-state index contributed by atoms with van der Waals surface area (Å²) in [4.78, 5) is 14.7. The first-order valence-electron chi connectivity index (χ1n) is 7.92. The number of nitrogens with one attached hydrogen (secondary N) is 1. The molecule has 9 nitrogen and oxygen atoms in total. The molecular weight excluding hydrogens is 346 g/mol. The van der Waals surface area contributed by atoms with Crippen molar-refractivity contribution in [1.82, 2.24) is 24.6 Å². The lowest BCUT2D eigenvalue weighted by Gasteiger charge is -2.24. The maximum atomic E-state index is 13.0. The third kappa shape index (κ3) is 3.90. The van der Waals surface area contributed by atoms with Gasteiger partial charge in [0, 0.05) is 31.7 Å². The van der Waals surface area contributed by atoms with Gasteiger partial charge in [-0.25, -0.2) is 13.1 Å². The highest BCUT2D eigenvalue weighted by atomic mass is 32.2. The molecule has 1 atom stereocenters. The van der Waals surface area contributed by atoms with Crippen LogP contribution in [-0.2, 0) is 23.1 Å². The molecule has 1 N–H and O–H groups in total. The molecule has 3 rings (SSSR count). The van der Waals surface area contributed by atoms with Crippen molar-refractivity contribution in [2.75, 3.05) is 19.3 Å². The van der Waals surface area contributed by atoms with Crippen LogP contribution in [0.15, 0.2) is 16.8 Å². The summed E-state index contributed by atoms with van der Waals surface area (Å²) < 4.78 is 32.3. The molecule has 136 valence electrons. The summed E-state index contributed by atoms with van der Waals surface area (Å²) in [5.74, 6) is 0.210. The standard InChI is InChI=1S/C15H21N5O4S/c1-10-14(11(2)24-18-10)15(21)19-7-12(6-17-25(3,22)23)8-20-13(9-19)4-5-16-20/h4-5,12,17H,6-9H2,1-3H3/t12-/m1/s1. The van der Waals surface area contributed by atoms with Crippen molar-refractivity contribution in [3.63, 3.8) is 0 Å². The largest absolute Gasteiger partial charge is 0.361 e. The Balaban J connectivity index is 1.87. The number of fused-ring (bicyclic) bond motifs is 1. The fraction of sp³-hybridized carbons (Fsp3) is 0.533. The minimum absolute atomic E-state index is 0.0969. The third-order valence-electron chi connectivity index (χ3n) is 4.24. The van der Waals surface area contributed by atoms with Crippen LogP contribution in [0.25, 0.3) is 0 Å². The first-order chi connectivity index (χ1) is 11.7. The van der Waals surface area contributed by atoms with Crippen LogP contribution >= 0.6 is 0 Å². The second-order valence-corrected chi connectivity index (χ2v) is 8.21. The first kappa shape index (κ1) is 17.6. The molecular formula is C15H21N5O4S. The van der Waals surface area contributed by atoms with E-state index in [0.29, 0.717) is 36.7 Å². The van der Waals surface area contributed by atoms with Gasteiger partial charge in [-0.05, 0) is 19.9 Å². The second-order valence-electron chi connectivity index (χ2n) is 6.38. The number of sulfonamides is 1. The van der Waals surface area contributed by atoms with Gasteiger partial charge < -0.3 is 9.42 Å². The Labute approximate surface area is 146 Å². The molecule has 1 aliphatic heterocycles. The molecule has 1 aliphatic rings. The average molecular weight is 367 g/mol. The predicted octanol–water partition coefficient (Wildman–Crippen LogP) is 0.309. The third-order valence-corrected chi connectivity index (χ3v) is 4.93. The number of nitrogens with zero attached hydrogens (tertiary/aromatic N) is 4. The van der Waals surface area contributed by atoms with Gasteiger partial charge in [0.25, 0.3) is 5.91 Å². The highest BCUT2D eigenvalue weighted by Gasteiger charge is 2.29. The van der Waals surface area contributed by atoms with Crippen molar-refractivity contribution in [3.8, 4) is 0 Å². The van der Waals surface area contributed by atoms with E-state index in [9.17, 15) is 13.2 Å². The van der Waals surface area contributed by atoms with Crippen LogP contribution in [0.2, 0.25) is 0 Å². The molecule has 3 heterocycles. The smallest absolute Gasteiger partial charge is 0.259 e. The molecule has 0 unspecified atom stereocenters. The SMILES string of the molecule is Cc1noc(C)c1C(=O)N1Cc2ccnn2C[C@H](CNS(C)(=O)=O)C1. The Hall–Kier alpha value is -2.20. The molecule has 1 amide bonds. The molecule has 0 aliphatic carbocycles. The van der Waals surface area contributed by atoms with Crippen LogP contribution < -0.4 is 4.72 Å². The Morgan fingerprint density at radius 3 is 2.80 bits per heavy atom. The van der Waals surface area contributed by atoms with Gasteiger partial charge >= 0.3 is 0 Å². The van der Waals surface area contributed by atoms with Crippen LogP contribution in [0.3, 0.4) is 0 Å². The van der Waals surface area contributed by atoms with Crippen LogP contribution in [0.5, 0.6) is 0 Å². The van der Waals surface area contributed by atoms with Crippen molar-refractivity contribution in [1.29, 1.82) is 0 Å². The van der Waals surface area contributed by atoms with Gasteiger partial charge in [0.15, 0.2) is 0 Å². The zero-order valence-corrected chi connectivity index (χ0v) is 15.2. The van der Waals surface area contributed by atoms with Gasteiger partial charge in [0.2, 0.25) is 10.0 Å². The number of hydrogen-bond acceptors (Lipinski definition) is 6. The Morgan fingerprint density at radius 2 is 2.16 bits per heavy atom. The van der Waals surface area contributed by atoms with Crippen LogP contribution in [0.4, 0.5) is 0 Å². The van der Waals surface area contributed by atoms with Gasteiger partial charge in [-0.1, -0.05) is 5.16 Å². The molecule has 0 fully saturated rings.